The van der Waals surface area contributed by atoms with Gasteiger partial charge in [-0.3, -0.25) is 0 Å². The number of fused-ring (bicyclic) bond motifs is 1. The number of imidazole rings is 1. The van der Waals surface area contributed by atoms with Crippen LogP contribution in [-0.4, -0.2) is 26.8 Å². The number of nitrogens with zero attached hydrogens (tertiary/aromatic N) is 4. The van der Waals surface area contributed by atoms with E-state index in [4.69, 9.17) is 15.7 Å². The smallest absolute Gasteiger partial charge is 0.417 e. The summed E-state index contributed by atoms with van der Waals surface area (Å²) in [5.74, 6) is 0.469. The molecule has 0 atom stereocenters. The van der Waals surface area contributed by atoms with Gasteiger partial charge >= 0.3 is 6.18 Å². The first-order chi connectivity index (χ1) is 17.7. The number of H-pyrrole nitrogens is 1. The number of nitrogens with one attached hydrogen (secondary N) is 1. The molecule has 3 heterocycles. The molecule has 0 spiro atoms. The zero-order valence-electron chi connectivity index (χ0n) is 18.7. The summed E-state index contributed by atoms with van der Waals surface area (Å²) >= 11 is 0. The van der Waals surface area contributed by atoms with E-state index in [1.165, 1.54) is 41.2 Å². The lowest BCUT2D eigenvalue weighted by atomic mass is 10.0. The van der Waals surface area contributed by atoms with Gasteiger partial charge in [-0.1, -0.05) is 21.8 Å². The van der Waals surface area contributed by atoms with Crippen molar-refractivity contribution in [2.24, 2.45) is 0 Å². The molecule has 37 heavy (non-hydrogen) atoms. The Morgan fingerprint density at radius 2 is 1.95 bits per heavy atom. The highest BCUT2D eigenvalue weighted by Gasteiger charge is 2.35. The molecule has 0 aliphatic rings. The van der Waals surface area contributed by atoms with E-state index in [0.29, 0.717) is 11.0 Å². The van der Waals surface area contributed by atoms with E-state index in [9.17, 15) is 22.0 Å². The third-order valence-electron chi connectivity index (χ3n) is 5.35. The van der Waals surface area contributed by atoms with Gasteiger partial charge in [-0.05, 0) is 35.4 Å². The molecule has 3 aromatic heterocycles. The van der Waals surface area contributed by atoms with Crippen molar-refractivity contribution >= 4 is 11.0 Å². The van der Waals surface area contributed by atoms with Gasteiger partial charge in [0.2, 0.25) is 18.5 Å². The van der Waals surface area contributed by atoms with Crippen LogP contribution in [0.1, 0.15) is 11.3 Å². The zero-order chi connectivity index (χ0) is 26.2. The molecular weight excluding hydrogens is 497 g/mol. The van der Waals surface area contributed by atoms with E-state index in [2.05, 4.69) is 26.1 Å². The van der Waals surface area contributed by atoms with E-state index in [0.717, 1.165) is 12.1 Å². The number of rotatable bonds is 6. The Hall–Kier alpha value is -4.79. The van der Waals surface area contributed by atoms with Gasteiger partial charge in [0.15, 0.2) is 11.6 Å². The summed E-state index contributed by atoms with van der Waals surface area (Å²) in [6.07, 6.45) is 3.37. The second-order valence-corrected chi connectivity index (χ2v) is 7.83. The third kappa shape index (κ3) is 4.84. The lowest BCUT2D eigenvalue weighted by Crippen LogP contribution is -2.37. The fourth-order valence-corrected chi connectivity index (χ4v) is 3.68. The minimum absolute atomic E-state index is 0.0241. The van der Waals surface area contributed by atoms with E-state index in [1.54, 1.807) is 6.20 Å². The van der Waals surface area contributed by atoms with E-state index in [1.807, 2.05) is 0 Å². The number of aromatic amines is 1. The van der Waals surface area contributed by atoms with Crippen molar-refractivity contribution < 1.29 is 35.9 Å². The van der Waals surface area contributed by atoms with Crippen LogP contribution >= 0.6 is 0 Å². The van der Waals surface area contributed by atoms with Crippen molar-refractivity contribution in [2.45, 2.75) is 12.7 Å². The second-order valence-electron chi connectivity index (χ2n) is 7.83. The second kappa shape index (κ2) is 9.34. The van der Waals surface area contributed by atoms with Crippen molar-refractivity contribution in [1.29, 1.82) is 0 Å². The first-order valence-corrected chi connectivity index (χ1v) is 10.7. The van der Waals surface area contributed by atoms with Crippen molar-refractivity contribution in [3.8, 4) is 40.7 Å². The fourth-order valence-electron chi connectivity index (χ4n) is 3.68. The van der Waals surface area contributed by atoms with Crippen molar-refractivity contribution in [1.82, 2.24) is 20.2 Å². The Morgan fingerprint density at radius 3 is 2.73 bits per heavy atom. The standard InChI is InChI=1S/C25H14F5N5O2/c1-2-8-36-14-6-7-16(18(9-14)25(28,29)30)20-10-15(37-34-20)12-35-13-22-21(11-31-35)32-24(33-22)17-4-3-5-19(26)23(17)27/h1,3-7,9-11,13H,8,12H2/p+1. The Labute approximate surface area is 205 Å². The minimum atomic E-state index is -4.68. The molecule has 12 heteroatoms. The number of benzene rings is 2. The van der Waals surface area contributed by atoms with Gasteiger partial charge in [0.25, 0.3) is 0 Å². The molecule has 5 aromatic rings. The summed E-state index contributed by atoms with van der Waals surface area (Å²) in [6, 6.07) is 8.55. The normalized spacial score (nSPS) is 11.6. The molecule has 0 bridgehead atoms. The topological polar surface area (TPSA) is 80.7 Å². The Kier molecular flexibility index (Phi) is 6.04. The van der Waals surface area contributed by atoms with Crippen LogP contribution in [-0.2, 0) is 12.7 Å². The molecule has 2 aromatic carbocycles. The molecule has 0 unspecified atom stereocenters. The first-order valence-electron chi connectivity index (χ1n) is 10.7. The maximum Gasteiger partial charge on any atom is 0.417 e. The number of halogens is 5. The molecule has 1 N–H and O–H groups in total. The molecule has 0 fully saturated rings. The highest BCUT2D eigenvalue weighted by molar-refractivity contribution is 5.77. The maximum absolute atomic E-state index is 14.1. The van der Waals surface area contributed by atoms with E-state index in [-0.39, 0.29) is 47.3 Å². The van der Waals surface area contributed by atoms with Crippen LogP contribution in [0.2, 0.25) is 0 Å². The number of hydrogen-bond acceptors (Lipinski definition) is 5. The number of alkyl halides is 3. The lowest BCUT2D eigenvalue weighted by molar-refractivity contribution is -0.746. The molecule has 0 amide bonds. The quantitative estimate of drug-likeness (QED) is 0.198. The monoisotopic (exact) mass is 512 g/mol. The van der Waals surface area contributed by atoms with Gasteiger partial charge in [0.05, 0.1) is 11.1 Å². The molecule has 0 saturated carbocycles. The van der Waals surface area contributed by atoms with Crippen molar-refractivity contribution in [3.63, 3.8) is 0 Å². The van der Waals surface area contributed by atoms with Crippen LogP contribution in [0.25, 0.3) is 33.7 Å². The maximum atomic E-state index is 14.1. The molecule has 5 rings (SSSR count). The summed E-state index contributed by atoms with van der Waals surface area (Å²) in [6.45, 7) is -0.148. The van der Waals surface area contributed by atoms with E-state index < -0.39 is 23.4 Å². The third-order valence-corrected chi connectivity index (χ3v) is 5.35. The average Bonchev–Trinajstić information content (AvgIpc) is 3.50. The molecule has 0 aliphatic carbocycles. The largest absolute Gasteiger partial charge is 0.481 e. The summed E-state index contributed by atoms with van der Waals surface area (Å²) < 4.78 is 80.6. The van der Waals surface area contributed by atoms with Gasteiger partial charge in [0.1, 0.15) is 41.1 Å². The summed E-state index contributed by atoms with van der Waals surface area (Å²) in [5.41, 5.74) is -0.356. The molecule has 7 nitrogen and oxygen atoms in total. The fraction of sp³-hybridized carbons (Fsp3) is 0.120. The zero-order valence-corrected chi connectivity index (χ0v) is 18.7. The highest BCUT2D eigenvalue weighted by Crippen LogP contribution is 2.39. The summed E-state index contributed by atoms with van der Waals surface area (Å²) in [4.78, 5) is 7.14. The number of ether oxygens (including phenoxy) is 1. The van der Waals surface area contributed by atoms with Gasteiger partial charge in [0, 0.05) is 11.6 Å². The lowest BCUT2D eigenvalue weighted by Gasteiger charge is -2.13. The van der Waals surface area contributed by atoms with Gasteiger partial charge in [-0.25, -0.2) is 13.8 Å². The molecule has 0 aliphatic heterocycles. The predicted octanol–water partition coefficient (Wildman–Crippen LogP) is 4.92. The Morgan fingerprint density at radius 1 is 1.11 bits per heavy atom. The molecule has 0 radical (unpaired) electrons. The van der Waals surface area contributed by atoms with Crippen LogP contribution in [0, 0.1) is 24.0 Å². The van der Waals surface area contributed by atoms with E-state index >= 15 is 0 Å². The molecule has 0 saturated heterocycles. The van der Waals surface area contributed by atoms with Crippen molar-refractivity contribution in [2.75, 3.05) is 6.61 Å². The van der Waals surface area contributed by atoms with Crippen molar-refractivity contribution in [3.05, 3.63) is 77.8 Å². The predicted molar refractivity (Wildman–Crippen MR) is 120 cm³/mol. The molecule has 186 valence electrons. The SMILES string of the molecule is C#CCOc1ccc(-c2cc(C[n+]3cc4[nH]c(-c5cccc(F)c5F)nc4cn3)on2)c(C(F)(F)F)c1. The summed E-state index contributed by atoms with van der Waals surface area (Å²) in [7, 11) is 0. The number of aromatic nitrogens is 5. The van der Waals surface area contributed by atoms with Crippen LogP contribution in [0.15, 0.2) is 59.4 Å². The van der Waals surface area contributed by atoms with Crippen LogP contribution < -0.4 is 9.42 Å². The average molecular weight is 512 g/mol. The van der Waals surface area contributed by atoms with Crippen LogP contribution in [0.5, 0.6) is 5.75 Å². The van der Waals surface area contributed by atoms with Gasteiger partial charge in [-0.15, -0.1) is 6.42 Å². The number of hydrogen-bond donors (Lipinski definition) is 1. The summed E-state index contributed by atoms with van der Waals surface area (Å²) in [5, 5.41) is 7.98. The van der Waals surface area contributed by atoms with Crippen LogP contribution in [0.3, 0.4) is 0 Å². The van der Waals surface area contributed by atoms with Crippen LogP contribution in [0.4, 0.5) is 22.0 Å². The van der Waals surface area contributed by atoms with Gasteiger partial charge < -0.3 is 14.2 Å². The highest BCUT2D eigenvalue weighted by atomic mass is 19.4. The molecular formula is C25H15F5N5O2+. The van der Waals surface area contributed by atoms with Gasteiger partial charge in [-0.2, -0.15) is 13.2 Å². The first kappa shape index (κ1) is 23.9. The Balaban J connectivity index is 1.41. The minimum Gasteiger partial charge on any atom is -0.481 e. The number of terminal acetylenes is 1. The Bertz CT molecular complexity index is 1650.